The molecule has 0 unspecified atom stereocenters. The zero-order valence-electron chi connectivity index (χ0n) is 19.6. The number of hydrogen-bond donors (Lipinski definition) is 1. The Morgan fingerprint density at radius 2 is 1.70 bits per heavy atom. The van der Waals surface area contributed by atoms with Gasteiger partial charge >= 0.3 is 0 Å². The highest BCUT2D eigenvalue weighted by Gasteiger charge is 2.12. The summed E-state index contributed by atoms with van der Waals surface area (Å²) in [5.74, 6) is 1.65. The largest absolute Gasteiger partial charge is 0.491 e. The van der Waals surface area contributed by atoms with Crippen LogP contribution in [0, 0.1) is 0 Å². The average Bonchev–Trinajstić information content (AvgIpc) is 3.27. The van der Waals surface area contributed by atoms with E-state index in [0.29, 0.717) is 23.1 Å². The van der Waals surface area contributed by atoms with Crippen LogP contribution in [0.25, 0.3) is 22.6 Å². The molecule has 0 aliphatic rings. The monoisotopic (exact) mass is 442 g/mol. The van der Waals surface area contributed by atoms with Gasteiger partial charge in [0.1, 0.15) is 11.3 Å². The number of anilines is 1. The van der Waals surface area contributed by atoms with E-state index in [1.807, 2.05) is 49.4 Å². The third-order valence-electron chi connectivity index (χ3n) is 6.01. The van der Waals surface area contributed by atoms with Crippen LogP contribution in [0.5, 0.6) is 5.75 Å². The summed E-state index contributed by atoms with van der Waals surface area (Å²) >= 11 is 0. The van der Waals surface area contributed by atoms with Gasteiger partial charge in [0.25, 0.3) is 5.91 Å². The van der Waals surface area contributed by atoms with E-state index in [2.05, 4.69) is 43.2 Å². The highest BCUT2D eigenvalue weighted by molar-refractivity contribution is 6.04. The maximum atomic E-state index is 12.6. The fourth-order valence-corrected chi connectivity index (χ4v) is 3.51. The molecule has 0 saturated heterocycles. The first-order valence-corrected chi connectivity index (χ1v) is 11.6. The summed E-state index contributed by atoms with van der Waals surface area (Å²) in [5.41, 5.74) is 5.05. The van der Waals surface area contributed by atoms with Crippen LogP contribution in [0.2, 0.25) is 0 Å². The summed E-state index contributed by atoms with van der Waals surface area (Å²) in [5, 5.41) is 2.93. The molecule has 0 bridgehead atoms. The molecule has 1 heterocycles. The number of nitrogens with one attached hydrogen (secondary N) is 1. The molecule has 4 rings (SSSR count). The molecule has 4 aromatic rings. The Labute approximate surface area is 194 Å². The number of aromatic nitrogens is 1. The van der Waals surface area contributed by atoms with Crippen molar-refractivity contribution in [3.8, 4) is 17.2 Å². The first-order chi connectivity index (χ1) is 16.0. The molecular formula is C28H30N2O3. The molecule has 0 aliphatic carbocycles. The van der Waals surface area contributed by atoms with Crippen LogP contribution < -0.4 is 10.1 Å². The minimum Gasteiger partial charge on any atom is -0.491 e. The lowest BCUT2D eigenvalue weighted by Gasteiger charge is -2.12. The van der Waals surface area contributed by atoms with E-state index >= 15 is 0 Å². The van der Waals surface area contributed by atoms with Crippen molar-refractivity contribution in [3.05, 3.63) is 77.9 Å². The number of hydrogen-bond acceptors (Lipinski definition) is 4. The van der Waals surface area contributed by atoms with Crippen LogP contribution in [0.3, 0.4) is 0 Å². The van der Waals surface area contributed by atoms with E-state index in [-0.39, 0.29) is 12.0 Å². The number of carbonyl (C=O) groups is 1. The molecule has 1 aromatic heterocycles. The fourth-order valence-electron chi connectivity index (χ4n) is 3.51. The molecule has 0 saturated carbocycles. The van der Waals surface area contributed by atoms with Crippen molar-refractivity contribution >= 4 is 22.7 Å². The van der Waals surface area contributed by atoms with Gasteiger partial charge in [0.15, 0.2) is 5.58 Å². The molecule has 0 aliphatic heterocycles. The standard InChI is InChI=1S/C28H30N2O3/c1-5-18(3)22-11-16-26-25(17-22)30-28(33-26)21-7-12-23(13-8-21)29-27(31)20-9-14-24(15-10-20)32-19(4)6-2/h7-19H,5-6H2,1-4H3,(H,29,31)/t18-,19-/m0/s1. The first kappa shape index (κ1) is 22.6. The Morgan fingerprint density at radius 1 is 0.970 bits per heavy atom. The molecule has 0 radical (unpaired) electrons. The van der Waals surface area contributed by atoms with E-state index in [1.54, 1.807) is 12.1 Å². The van der Waals surface area contributed by atoms with Crippen molar-refractivity contribution in [3.63, 3.8) is 0 Å². The Bertz CT molecular complexity index is 1230. The van der Waals surface area contributed by atoms with Gasteiger partial charge in [-0.25, -0.2) is 4.98 Å². The maximum absolute atomic E-state index is 12.6. The second-order valence-corrected chi connectivity index (χ2v) is 8.45. The quantitative estimate of drug-likeness (QED) is 0.308. The van der Waals surface area contributed by atoms with E-state index in [9.17, 15) is 4.79 Å². The van der Waals surface area contributed by atoms with Gasteiger partial charge < -0.3 is 14.5 Å². The number of benzene rings is 3. The lowest BCUT2D eigenvalue weighted by Crippen LogP contribution is -2.12. The number of ether oxygens (including phenoxy) is 1. The maximum Gasteiger partial charge on any atom is 0.255 e. The topological polar surface area (TPSA) is 64.4 Å². The number of carbonyl (C=O) groups excluding carboxylic acids is 1. The van der Waals surface area contributed by atoms with E-state index in [0.717, 1.165) is 35.3 Å². The molecule has 33 heavy (non-hydrogen) atoms. The summed E-state index contributed by atoms with van der Waals surface area (Å²) in [6, 6.07) is 20.9. The molecule has 0 spiro atoms. The van der Waals surface area contributed by atoms with Crippen molar-refractivity contribution in [1.82, 2.24) is 4.98 Å². The second-order valence-electron chi connectivity index (χ2n) is 8.45. The van der Waals surface area contributed by atoms with Gasteiger partial charge in [-0.05, 0) is 91.9 Å². The van der Waals surface area contributed by atoms with Crippen molar-refractivity contribution in [2.45, 2.75) is 52.6 Å². The number of rotatable bonds is 8. The summed E-state index contributed by atoms with van der Waals surface area (Å²) in [6.07, 6.45) is 2.16. The Morgan fingerprint density at radius 3 is 2.36 bits per heavy atom. The van der Waals surface area contributed by atoms with Gasteiger partial charge in [0.05, 0.1) is 6.10 Å². The van der Waals surface area contributed by atoms with Gasteiger partial charge in [-0.2, -0.15) is 0 Å². The molecule has 2 atom stereocenters. The van der Waals surface area contributed by atoms with Gasteiger partial charge in [-0.15, -0.1) is 0 Å². The highest BCUT2D eigenvalue weighted by Crippen LogP contribution is 2.28. The number of nitrogens with zero attached hydrogens (tertiary/aromatic N) is 1. The lowest BCUT2D eigenvalue weighted by molar-refractivity contribution is 0.102. The molecule has 1 amide bonds. The molecule has 0 fully saturated rings. The van der Waals surface area contributed by atoms with Gasteiger partial charge in [-0.1, -0.05) is 26.8 Å². The van der Waals surface area contributed by atoms with Crippen LogP contribution in [0.15, 0.2) is 71.1 Å². The number of amides is 1. The molecule has 5 heteroatoms. The SMILES string of the molecule is CC[C@H](C)Oc1ccc(C(=O)Nc2ccc(-c3nc4cc([C@@H](C)CC)ccc4o3)cc2)cc1. The van der Waals surface area contributed by atoms with Crippen LogP contribution in [0.4, 0.5) is 5.69 Å². The lowest BCUT2D eigenvalue weighted by atomic mass is 9.98. The zero-order chi connectivity index (χ0) is 23.4. The van der Waals surface area contributed by atoms with Gasteiger partial charge in [0, 0.05) is 16.8 Å². The molecule has 3 aromatic carbocycles. The van der Waals surface area contributed by atoms with E-state index in [4.69, 9.17) is 9.15 Å². The minimum atomic E-state index is -0.169. The Balaban J connectivity index is 1.44. The molecule has 5 nitrogen and oxygen atoms in total. The van der Waals surface area contributed by atoms with Crippen molar-refractivity contribution in [2.75, 3.05) is 5.32 Å². The predicted octanol–water partition coefficient (Wildman–Crippen LogP) is 7.44. The van der Waals surface area contributed by atoms with Crippen molar-refractivity contribution in [1.29, 1.82) is 0 Å². The summed E-state index contributed by atoms with van der Waals surface area (Å²) in [4.78, 5) is 17.3. The van der Waals surface area contributed by atoms with Crippen molar-refractivity contribution in [2.24, 2.45) is 0 Å². The number of fused-ring (bicyclic) bond motifs is 1. The van der Waals surface area contributed by atoms with Gasteiger partial charge in [0.2, 0.25) is 5.89 Å². The predicted molar refractivity (Wildman–Crippen MR) is 133 cm³/mol. The van der Waals surface area contributed by atoms with Crippen LogP contribution in [-0.4, -0.2) is 17.0 Å². The normalized spacial score (nSPS) is 13.0. The third-order valence-corrected chi connectivity index (χ3v) is 6.01. The van der Waals surface area contributed by atoms with E-state index < -0.39 is 0 Å². The minimum absolute atomic E-state index is 0.145. The smallest absolute Gasteiger partial charge is 0.255 e. The fraction of sp³-hybridized carbons (Fsp3) is 0.286. The summed E-state index contributed by atoms with van der Waals surface area (Å²) in [6.45, 7) is 8.49. The summed E-state index contributed by atoms with van der Waals surface area (Å²) in [7, 11) is 0. The Kier molecular flexibility index (Phi) is 6.78. The molecule has 1 N–H and O–H groups in total. The van der Waals surface area contributed by atoms with Crippen molar-refractivity contribution < 1.29 is 13.9 Å². The second kappa shape index (κ2) is 9.90. The molecular weight excluding hydrogens is 412 g/mol. The van der Waals surface area contributed by atoms with Crippen LogP contribution in [-0.2, 0) is 0 Å². The zero-order valence-corrected chi connectivity index (χ0v) is 19.6. The number of oxazole rings is 1. The summed E-state index contributed by atoms with van der Waals surface area (Å²) < 4.78 is 11.7. The first-order valence-electron chi connectivity index (χ1n) is 11.6. The molecule has 170 valence electrons. The van der Waals surface area contributed by atoms with Crippen LogP contribution >= 0.6 is 0 Å². The average molecular weight is 443 g/mol. The highest BCUT2D eigenvalue weighted by atomic mass is 16.5. The third kappa shape index (κ3) is 5.25. The van der Waals surface area contributed by atoms with E-state index in [1.165, 1.54) is 5.56 Å². The van der Waals surface area contributed by atoms with Crippen LogP contribution in [0.1, 0.15) is 62.4 Å². The van der Waals surface area contributed by atoms with Gasteiger partial charge in [-0.3, -0.25) is 4.79 Å². The Hall–Kier alpha value is -3.60.